The van der Waals surface area contributed by atoms with Crippen LogP contribution in [0.2, 0.25) is 0 Å². The molecule has 0 spiro atoms. The first-order valence-electron chi connectivity index (χ1n) is 10.3. The molecule has 0 aliphatic heterocycles. The topological polar surface area (TPSA) is 37.0 Å². The van der Waals surface area contributed by atoms with E-state index in [2.05, 4.69) is 44.8 Å². The predicted molar refractivity (Wildman–Crippen MR) is 117 cm³/mol. The molecule has 0 aromatic heterocycles. The van der Waals surface area contributed by atoms with Gasteiger partial charge in [0.2, 0.25) is 5.69 Å². The maximum Gasteiger partial charge on any atom is 1.00 e. The van der Waals surface area contributed by atoms with Crippen LogP contribution in [-0.2, 0) is 6.18 Å². The third-order valence-corrected chi connectivity index (χ3v) is 5.30. The van der Waals surface area contributed by atoms with Crippen LogP contribution < -0.4 is 29.0 Å². The Hall–Kier alpha value is -2.48. The Labute approximate surface area is 199 Å². The summed E-state index contributed by atoms with van der Waals surface area (Å²) >= 11 is 0. The number of para-hydroxylation sites is 1. The number of nitrogens with one attached hydrogen (secondary N) is 1. The van der Waals surface area contributed by atoms with E-state index in [1.165, 1.54) is 18.2 Å². The monoisotopic (exact) mass is 432 g/mol. The minimum absolute atomic E-state index is 0. The maximum atomic E-state index is 12.8. The third kappa shape index (κ3) is 5.85. The summed E-state index contributed by atoms with van der Waals surface area (Å²) in [5, 5.41) is 12.4. The predicted octanol–water partition coefficient (Wildman–Crippen LogP) is 2.53. The molecule has 0 atom stereocenters. The second-order valence-electron chi connectivity index (χ2n) is 8.24. The number of hydrogen-bond acceptors (Lipinski definition) is 1. The molecule has 162 valence electrons. The number of alkyl halides is 3. The van der Waals surface area contributed by atoms with Gasteiger partial charge in [-0.3, -0.25) is 0 Å². The molecule has 0 amide bonds. The summed E-state index contributed by atoms with van der Waals surface area (Å²) in [6.07, 6.45) is -2.69. The first kappa shape index (κ1) is 25.8. The van der Waals surface area contributed by atoms with Gasteiger partial charge < -0.3 is 5.11 Å². The minimum atomic E-state index is -4.38. The van der Waals surface area contributed by atoms with E-state index in [9.17, 15) is 18.3 Å². The van der Waals surface area contributed by atoms with E-state index in [0.29, 0.717) is 28.5 Å². The Bertz CT molecular complexity index is 1060. The standard InChI is InChI=1S/C26H26F3NO.Li/c1-16(2)22-6-5-7-23(17(3)4)25(22)30-15-20-14-19(10-13-24(20)31)18-8-11-21(12-9-18)26(27,28)29;/h5-17,31H,1-4H3;/q;+1. The SMILES string of the molecule is CC(C)c1cccc(C(C)C)c1[NH+]=Cc1cc(-c2ccc(C(F)(F)F)cc2)ccc1[O-].[Li+]. The van der Waals surface area contributed by atoms with Crippen LogP contribution in [0.3, 0.4) is 0 Å². The molecule has 3 aromatic rings. The molecule has 0 aliphatic carbocycles. The summed E-state index contributed by atoms with van der Waals surface area (Å²) in [6, 6.07) is 15.9. The maximum absolute atomic E-state index is 12.8. The molecule has 0 heterocycles. The molecule has 3 rings (SSSR count). The summed E-state index contributed by atoms with van der Waals surface area (Å²) in [7, 11) is 0. The summed E-state index contributed by atoms with van der Waals surface area (Å²) in [5.74, 6) is 0.455. The van der Waals surface area contributed by atoms with Crippen LogP contribution in [0.5, 0.6) is 5.75 Å². The molecule has 1 N–H and O–H groups in total. The fourth-order valence-corrected chi connectivity index (χ4v) is 3.56. The second-order valence-corrected chi connectivity index (χ2v) is 8.24. The number of benzene rings is 3. The summed E-state index contributed by atoms with van der Waals surface area (Å²) < 4.78 is 38.5. The van der Waals surface area contributed by atoms with Crippen LogP contribution >= 0.6 is 0 Å². The molecular formula is C26H26F3LiNO+. The molecule has 0 fully saturated rings. The van der Waals surface area contributed by atoms with E-state index in [1.54, 1.807) is 18.3 Å². The quantitative estimate of drug-likeness (QED) is 0.488. The van der Waals surface area contributed by atoms with Gasteiger partial charge in [0.05, 0.1) is 5.56 Å². The van der Waals surface area contributed by atoms with Gasteiger partial charge in [-0.25, -0.2) is 4.99 Å². The van der Waals surface area contributed by atoms with E-state index < -0.39 is 11.7 Å². The summed E-state index contributed by atoms with van der Waals surface area (Å²) in [4.78, 5) is 3.34. The van der Waals surface area contributed by atoms with Crippen molar-refractivity contribution in [2.45, 2.75) is 45.7 Å². The molecule has 0 saturated heterocycles. The molecule has 0 saturated carbocycles. The number of halogens is 3. The van der Waals surface area contributed by atoms with Gasteiger partial charge in [-0.15, -0.1) is 0 Å². The van der Waals surface area contributed by atoms with Crippen LogP contribution in [0.4, 0.5) is 18.9 Å². The van der Waals surface area contributed by atoms with E-state index in [4.69, 9.17) is 0 Å². The van der Waals surface area contributed by atoms with E-state index in [1.807, 2.05) is 6.07 Å². The van der Waals surface area contributed by atoms with Crippen LogP contribution in [-0.4, -0.2) is 6.21 Å². The smallest absolute Gasteiger partial charge is 0.872 e. The Morgan fingerprint density at radius 1 is 0.812 bits per heavy atom. The summed E-state index contributed by atoms with van der Waals surface area (Å²) in [6.45, 7) is 8.48. The van der Waals surface area contributed by atoms with Gasteiger partial charge in [0.15, 0.2) is 6.21 Å². The first-order chi connectivity index (χ1) is 14.6. The molecule has 32 heavy (non-hydrogen) atoms. The van der Waals surface area contributed by atoms with Crippen LogP contribution in [0.1, 0.15) is 61.8 Å². The second kappa shape index (κ2) is 10.4. The zero-order valence-corrected chi connectivity index (χ0v) is 19.0. The van der Waals surface area contributed by atoms with Gasteiger partial charge in [0, 0.05) is 16.7 Å². The van der Waals surface area contributed by atoms with Crippen molar-refractivity contribution in [3.05, 3.63) is 82.9 Å². The van der Waals surface area contributed by atoms with Gasteiger partial charge in [0.1, 0.15) is 0 Å². The third-order valence-electron chi connectivity index (χ3n) is 5.30. The summed E-state index contributed by atoms with van der Waals surface area (Å²) in [5.41, 5.74) is 4.37. The fourth-order valence-electron chi connectivity index (χ4n) is 3.56. The molecule has 2 nitrogen and oxygen atoms in total. The average molecular weight is 432 g/mol. The van der Waals surface area contributed by atoms with E-state index >= 15 is 0 Å². The van der Waals surface area contributed by atoms with Gasteiger partial charge in [0.25, 0.3) is 0 Å². The van der Waals surface area contributed by atoms with E-state index in [-0.39, 0.29) is 24.6 Å². The Kier molecular flexibility index (Phi) is 8.40. The fraction of sp³-hybridized carbons (Fsp3) is 0.269. The Balaban J connectivity index is 0.00000363. The van der Waals surface area contributed by atoms with Crippen LogP contribution in [0, 0.1) is 0 Å². The van der Waals surface area contributed by atoms with E-state index in [0.717, 1.165) is 28.9 Å². The normalized spacial score (nSPS) is 11.9. The van der Waals surface area contributed by atoms with Gasteiger partial charge in [-0.1, -0.05) is 75.9 Å². The molecule has 0 radical (unpaired) electrons. The van der Waals surface area contributed by atoms with Gasteiger partial charge in [-0.05, 0) is 41.2 Å². The van der Waals surface area contributed by atoms with Crippen molar-refractivity contribution >= 4 is 11.9 Å². The van der Waals surface area contributed by atoms with Gasteiger partial charge in [-0.2, -0.15) is 13.2 Å². The molecular weight excluding hydrogens is 406 g/mol. The van der Waals surface area contributed by atoms with Crippen LogP contribution in [0.25, 0.3) is 11.1 Å². The zero-order valence-electron chi connectivity index (χ0n) is 19.0. The number of hydrogen-bond donors (Lipinski definition) is 1. The van der Waals surface area contributed by atoms with Gasteiger partial charge >= 0.3 is 25.0 Å². The largest absolute Gasteiger partial charge is 1.00 e. The zero-order chi connectivity index (χ0) is 22.8. The Morgan fingerprint density at radius 3 is 1.84 bits per heavy atom. The number of rotatable bonds is 5. The first-order valence-corrected chi connectivity index (χ1v) is 10.3. The van der Waals surface area contributed by atoms with Crippen molar-refractivity contribution in [3.63, 3.8) is 0 Å². The molecule has 0 bridgehead atoms. The van der Waals surface area contributed by atoms with Crippen molar-refractivity contribution in [2.75, 3.05) is 0 Å². The molecule has 3 aromatic carbocycles. The minimum Gasteiger partial charge on any atom is -0.872 e. The van der Waals surface area contributed by atoms with Crippen molar-refractivity contribution in [1.82, 2.24) is 0 Å². The van der Waals surface area contributed by atoms with Crippen molar-refractivity contribution in [2.24, 2.45) is 0 Å². The molecule has 6 heteroatoms. The van der Waals surface area contributed by atoms with Crippen LogP contribution in [0.15, 0.2) is 60.7 Å². The molecule has 0 unspecified atom stereocenters. The average Bonchev–Trinajstić information content (AvgIpc) is 2.72. The van der Waals surface area contributed by atoms with Crippen molar-refractivity contribution < 1.29 is 42.1 Å². The Morgan fingerprint density at radius 2 is 1.34 bits per heavy atom. The van der Waals surface area contributed by atoms with Crippen molar-refractivity contribution in [3.8, 4) is 16.9 Å². The van der Waals surface area contributed by atoms with Crippen molar-refractivity contribution in [1.29, 1.82) is 0 Å². The molecule has 0 aliphatic rings.